The highest BCUT2D eigenvalue weighted by Gasteiger charge is 2.39. The number of carbonyl (C=O) groups excluding carboxylic acids is 2. The van der Waals surface area contributed by atoms with E-state index in [9.17, 15) is 32.4 Å². The third-order valence-electron chi connectivity index (χ3n) is 7.47. The molecule has 1 fully saturated rings. The molecule has 2 N–H and O–H groups in total. The van der Waals surface area contributed by atoms with Gasteiger partial charge in [-0.1, -0.05) is 35.9 Å². The number of benzene rings is 2. The molecule has 216 valence electrons. The number of nitrogens with zero attached hydrogens (tertiary/aromatic N) is 2. The Hall–Kier alpha value is -4.72. The predicted molar refractivity (Wildman–Crippen MR) is 147 cm³/mol. The summed E-state index contributed by atoms with van der Waals surface area (Å²) < 4.78 is 60.7. The van der Waals surface area contributed by atoms with E-state index in [0.29, 0.717) is 18.4 Å². The molecule has 0 atom stereocenters. The molecule has 2 amide bonds. The number of pyridine rings is 1. The van der Waals surface area contributed by atoms with Gasteiger partial charge in [0.2, 0.25) is 5.71 Å². The summed E-state index contributed by atoms with van der Waals surface area (Å²) >= 11 is 0. The standard InChI is InChI=1S/C31H26F4N4O3/c1-17-4-6-18(7-5-17)26-25(28(41)37-2)22-15-20(24(38-29(22)42-26)10-13-31(33,34)35)19-8-9-23(32)21(14-19)27(40)39-30(16-36)11-3-12-30/h4-9,14-15H,3,10-13H2,1-2H3,(H,37,41)(H,39,40). The molecular formula is C31H26F4N4O3. The molecule has 11 heteroatoms. The molecule has 0 unspecified atom stereocenters. The SMILES string of the molecule is CNC(=O)c1c(-c2ccc(C)cc2)oc2nc(CCC(F)(F)F)c(-c3ccc(F)c(C(=O)NC4(C#N)CCC4)c3)cc12. The number of fused-ring (bicyclic) bond motifs is 1. The topological polar surface area (TPSA) is 108 Å². The van der Waals surface area contributed by atoms with Gasteiger partial charge in [-0.2, -0.15) is 18.4 Å². The van der Waals surface area contributed by atoms with Gasteiger partial charge in [-0.3, -0.25) is 9.59 Å². The third kappa shape index (κ3) is 5.57. The third-order valence-corrected chi connectivity index (χ3v) is 7.47. The molecule has 1 saturated carbocycles. The van der Waals surface area contributed by atoms with Gasteiger partial charge in [0.25, 0.3) is 11.8 Å². The molecule has 7 nitrogen and oxygen atoms in total. The van der Waals surface area contributed by atoms with E-state index in [1.807, 2.05) is 19.1 Å². The van der Waals surface area contributed by atoms with Gasteiger partial charge in [0.15, 0.2) is 0 Å². The van der Waals surface area contributed by atoms with E-state index in [4.69, 9.17) is 4.42 Å². The number of aromatic nitrogens is 1. The molecule has 1 aliphatic carbocycles. The Kier molecular flexibility index (Phi) is 7.49. The van der Waals surface area contributed by atoms with Gasteiger partial charge in [0.05, 0.1) is 28.3 Å². The lowest BCUT2D eigenvalue weighted by Gasteiger charge is -2.35. The van der Waals surface area contributed by atoms with Crippen molar-refractivity contribution in [3.05, 3.63) is 76.7 Å². The number of carbonyl (C=O) groups is 2. The van der Waals surface area contributed by atoms with Crippen molar-refractivity contribution < 1.29 is 31.6 Å². The van der Waals surface area contributed by atoms with Gasteiger partial charge in [-0.05, 0) is 56.4 Å². The van der Waals surface area contributed by atoms with E-state index in [0.717, 1.165) is 18.1 Å². The van der Waals surface area contributed by atoms with Crippen LogP contribution < -0.4 is 10.6 Å². The normalized spacial score (nSPS) is 14.2. The summed E-state index contributed by atoms with van der Waals surface area (Å²) in [6.07, 6.45) is -4.59. The highest BCUT2D eigenvalue weighted by molar-refractivity contribution is 6.11. The molecule has 0 saturated heterocycles. The minimum atomic E-state index is -4.49. The Balaban J connectivity index is 1.68. The lowest BCUT2D eigenvalue weighted by atomic mass is 9.78. The maximum atomic E-state index is 14.9. The summed E-state index contributed by atoms with van der Waals surface area (Å²) in [5, 5.41) is 14.9. The molecule has 42 heavy (non-hydrogen) atoms. The van der Waals surface area contributed by atoms with Crippen molar-refractivity contribution in [1.82, 2.24) is 15.6 Å². The molecule has 2 aromatic heterocycles. The summed E-state index contributed by atoms with van der Waals surface area (Å²) in [6, 6.07) is 14.3. The molecule has 0 radical (unpaired) electrons. The summed E-state index contributed by atoms with van der Waals surface area (Å²) in [5.74, 6) is -1.97. The largest absolute Gasteiger partial charge is 0.437 e. The molecule has 2 heterocycles. The van der Waals surface area contributed by atoms with Crippen LogP contribution in [0.15, 0.2) is 52.9 Å². The molecule has 5 rings (SSSR count). The zero-order valence-corrected chi connectivity index (χ0v) is 22.8. The van der Waals surface area contributed by atoms with Crippen LogP contribution in [0, 0.1) is 24.1 Å². The summed E-state index contributed by atoms with van der Waals surface area (Å²) in [6.45, 7) is 1.90. The second-order valence-electron chi connectivity index (χ2n) is 10.4. The highest BCUT2D eigenvalue weighted by Crippen LogP contribution is 2.38. The van der Waals surface area contributed by atoms with Gasteiger partial charge in [-0.15, -0.1) is 0 Å². The van der Waals surface area contributed by atoms with Crippen molar-refractivity contribution in [2.45, 2.75) is 50.7 Å². The van der Waals surface area contributed by atoms with Crippen molar-refractivity contribution in [3.63, 3.8) is 0 Å². The molecule has 0 bridgehead atoms. The molecule has 4 aromatic rings. The smallest absolute Gasteiger partial charge is 0.389 e. The fraction of sp³-hybridized carbons (Fsp3) is 0.290. The average Bonchev–Trinajstić information content (AvgIpc) is 3.31. The van der Waals surface area contributed by atoms with E-state index in [1.54, 1.807) is 12.1 Å². The van der Waals surface area contributed by atoms with Gasteiger partial charge in [-0.25, -0.2) is 9.37 Å². The van der Waals surface area contributed by atoms with Crippen LogP contribution in [-0.2, 0) is 6.42 Å². The Bertz CT molecular complexity index is 1730. The zero-order chi connectivity index (χ0) is 30.2. The van der Waals surface area contributed by atoms with Gasteiger partial charge in [0.1, 0.15) is 17.1 Å². The fourth-order valence-corrected chi connectivity index (χ4v) is 4.97. The number of hydrogen-bond acceptors (Lipinski definition) is 5. The van der Waals surface area contributed by atoms with Crippen LogP contribution in [0.4, 0.5) is 17.6 Å². The Morgan fingerprint density at radius 2 is 1.76 bits per heavy atom. The number of rotatable bonds is 7. The van der Waals surface area contributed by atoms with Gasteiger partial charge >= 0.3 is 6.18 Å². The van der Waals surface area contributed by atoms with Crippen LogP contribution in [0.5, 0.6) is 0 Å². The number of hydrogen-bond donors (Lipinski definition) is 2. The predicted octanol–water partition coefficient (Wildman–Crippen LogP) is 6.64. The van der Waals surface area contributed by atoms with Crippen LogP contribution in [0.1, 0.15) is 57.7 Å². The molecule has 1 aliphatic rings. The van der Waals surface area contributed by atoms with E-state index in [-0.39, 0.29) is 44.8 Å². The fourth-order valence-electron chi connectivity index (χ4n) is 4.97. The summed E-state index contributed by atoms with van der Waals surface area (Å²) in [4.78, 5) is 30.5. The number of nitriles is 1. The number of aryl methyl sites for hydroxylation is 2. The molecule has 2 aromatic carbocycles. The van der Waals surface area contributed by atoms with E-state index in [1.165, 1.54) is 25.2 Å². The molecule has 0 aliphatic heterocycles. The maximum Gasteiger partial charge on any atom is 0.389 e. The first-order chi connectivity index (χ1) is 19.9. The van der Waals surface area contributed by atoms with Crippen LogP contribution in [0.25, 0.3) is 33.6 Å². The maximum absolute atomic E-state index is 14.9. The first kappa shape index (κ1) is 28.8. The quantitative estimate of drug-likeness (QED) is 0.239. The first-order valence-electron chi connectivity index (χ1n) is 13.3. The lowest BCUT2D eigenvalue weighted by Crippen LogP contribution is -2.52. The zero-order valence-electron chi connectivity index (χ0n) is 22.8. The van der Waals surface area contributed by atoms with Crippen molar-refractivity contribution in [1.29, 1.82) is 5.26 Å². The number of furan rings is 1. The van der Waals surface area contributed by atoms with Gasteiger partial charge < -0.3 is 15.1 Å². The second-order valence-corrected chi connectivity index (χ2v) is 10.4. The van der Waals surface area contributed by atoms with Crippen LogP contribution in [0.3, 0.4) is 0 Å². The van der Waals surface area contributed by atoms with Gasteiger partial charge in [0, 0.05) is 24.6 Å². The van der Waals surface area contributed by atoms with E-state index < -0.39 is 42.2 Å². The number of amides is 2. The Morgan fingerprint density at radius 3 is 2.36 bits per heavy atom. The number of alkyl halides is 3. The Labute approximate surface area is 238 Å². The van der Waals surface area contributed by atoms with Crippen molar-refractivity contribution in [2.75, 3.05) is 7.05 Å². The van der Waals surface area contributed by atoms with Crippen LogP contribution in [0.2, 0.25) is 0 Å². The van der Waals surface area contributed by atoms with E-state index >= 15 is 0 Å². The minimum absolute atomic E-state index is 0.00191. The van der Waals surface area contributed by atoms with Crippen molar-refractivity contribution >= 4 is 22.9 Å². The van der Waals surface area contributed by atoms with Crippen LogP contribution >= 0.6 is 0 Å². The number of halogens is 4. The average molecular weight is 579 g/mol. The summed E-state index contributed by atoms with van der Waals surface area (Å²) in [5.41, 5.74) is 0.588. The second kappa shape index (κ2) is 10.9. The molecule has 0 spiro atoms. The Morgan fingerprint density at radius 1 is 1.07 bits per heavy atom. The first-order valence-corrected chi connectivity index (χ1v) is 13.3. The molecular weight excluding hydrogens is 552 g/mol. The highest BCUT2D eigenvalue weighted by atomic mass is 19.4. The van der Waals surface area contributed by atoms with Crippen molar-refractivity contribution in [3.8, 4) is 28.5 Å². The minimum Gasteiger partial charge on any atom is -0.437 e. The van der Waals surface area contributed by atoms with Crippen LogP contribution in [-0.4, -0.2) is 35.6 Å². The van der Waals surface area contributed by atoms with Crippen molar-refractivity contribution in [2.24, 2.45) is 0 Å². The van der Waals surface area contributed by atoms with E-state index in [2.05, 4.69) is 21.7 Å². The lowest BCUT2D eigenvalue weighted by molar-refractivity contribution is -0.134. The number of nitrogens with one attached hydrogen (secondary N) is 2. The summed E-state index contributed by atoms with van der Waals surface area (Å²) in [7, 11) is 1.44. The monoisotopic (exact) mass is 578 g/mol.